The normalized spacial score (nSPS) is 11.1. The van der Waals surface area contributed by atoms with E-state index in [1.54, 1.807) is 41.7 Å². The van der Waals surface area contributed by atoms with Crippen LogP contribution < -0.4 is 10.2 Å². The minimum atomic E-state index is -0.0885. The standard InChI is InChI=1S/C17H19N3O2S2/c1-3-5-22-15-8-18-11(6-14(15)21)9-23-16-13-7-12(4-2)24-17(13)20-10-19-16/h6-8,10H,3-5,9H2,1-2H3,(H,18,21). The van der Waals surface area contributed by atoms with E-state index in [0.717, 1.165) is 33.8 Å². The van der Waals surface area contributed by atoms with Gasteiger partial charge in [-0.2, -0.15) is 0 Å². The minimum Gasteiger partial charge on any atom is -0.488 e. The zero-order valence-corrected chi connectivity index (χ0v) is 15.3. The molecule has 5 nitrogen and oxygen atoms in total. The molecule has 0 aliphatic rings. The van der Waals surface area contributed by atoms with Crippen LogP contribution in [0, 0.1) is 0 Å². The van der Waals surface area contributed by atoms with Gasteiger partial charge in [0, 0.05) is 34.0 Å². The van der Waals surface area contributed by atoms with Crippen LogP contribution in [0.1, 0.15) is 30.8 Å². The molecule has 0 amide bonds. The molecule has 0 aromatic carbocycles. The molecule has 7 heteroatoms. The van der Waals surface area contributed by atoms with Crippen molar-refractivity contribution in [2.45, 2.75) is 37.5 Å². The Morgan fingerprint density at radius 3 is 2.92 bits per heavy atom. The van der Waals surface area contributed by atoms with Crippen molar-refractivity contribution in [2.75, 3.05) is 6.61 Å². The number of rotatable bonds is 7. The smallest absolute Gasteiger partial charge is 0.223 e. The van der Waals surface area contributed by atoms with Gasteiger partial charge in [-0.1, -0.05) is 25.6 Å². The van der Waals surface area contributed by atoms with E-state index in [9.17, 15) is 4.79 Å². The van der Waals surface area contributed by atoms with Gasteiger partial charge in [0.1, 0.15) is 16.2 Å². The first kappa shape index (κ1) is 17.0. The molecule has 0 saturated heterocycles. The van der Waals surface area contributed by atoms with Crippen LogP contribution in [0.15, 0.2) is 34.5 Å². The van der Waals surface area contributed by atoms with Gasteiger partial charge in [-0.05, 0) is 18.9 Å². The Bertz CT molecular complexity index is 889. The first-order valence-corrected chi connectivity index (χ1v) is 9.72. The molecule has 0 unspecified atom stereocenters. The fourth-order valence-electron chi connectivity index (χ4n) is 2.23. The molecular weight excluding hydrogens is 342 g/mol. The number of aromatic amines is 1. The van der Waals surface area contributed by atoms with Gasteiger partial charge in [0.15, 0.2) is 5.75 Å². The molecule has 0 saturated carbocycles. The molecule has 0 bridgehead atoms. The van der Waals surface area contributed by atoms with E-state index in [4.69, 9.17) is 4.74 Å². The Morgan fingerprint density at radius 2 is 2.17 bits per heavy atom. The maximum absolute atomic E-state index is 12.0. The van der Waals surface area contributed by atoms with Gasteiger partial charge in [-0.3, -0.25) is 4.79 Å². The van der Waals surface area contributed by atoms with Gasteiger partial charge in [0.05, 0.1) is 6.61 Å². The van der Waals surface area contributed by atoms with Gasteiger partial charge < -0.3 is 9.72 Å². The first-order chi connectivity index (χ1) is 11.7. The predicted octanol–water partition coefficient (Wildman–Crippen LogP) is 4.02. The van der Waals surface area contributed by atoms with E-state index in [1.165, 1.54) is 4.88 Å². The third-order valence-electron chi connectivity index (χ3n) is 3.46. The summed E-state index contributed by atoms with van der Waals surface area (Å²) >= 11 is 3.31. The lowest BCUT2D eigenvalue weighted by Crippen LogP contribution is -2.09. The Labute approximate surface area is 148 Å². The number of thioether (sulfide) groups is 1. The van der Waals surface area contributed by atoms with E-state index in [0.29, 0.717) is 18.1 Å². The number of aromatic nitrogens is 3. The number of nitrogens with one attached hydrogen (secondary N) is 1. The fraction of sp³-hybridized carbons (Fsp3) is 0.353. The van der Waals surface area contributed by atoms with Gasteiger partial charge in [-0.15, -0.1) is 11.3 Å². The summed E-state index contributed by atoms with van der Waals surface area (Å²) in [5.74, 6) is 1.02. The number of fused-ring (bicyclic) bond motifs is 1. The Morgan fingerprint density at radius 1 is 1.29 bits per heavy atom. The van der Waals surface area contributed by atoms with Crippen molar-refractivity contribution in [1.82, 2.24) is 15.0 Å². The van der Waals surface area contributed by atoms with E-state index in [-0.39, 0.29) is 5.43 Å². The van der Waals surface area contributed by atoms with Crippen molar-refractivity contribution in [1.29, 1.82) is 0 Å². The number of nitrogens with zero attached hydrogens (tertiary/aromatic N) is 2. The fourth-order valence-corrected chi connectivity index (χ4v) is 4.12. The monoisotopic (exact) mass is 361 g/mol. The van der Waals surface area contributed by atoms with Crippen molar-refractivity contribution < 1.29 is 4.74 Å². The molecule has 0 aliphatic carbocycles. The molecule has 3 heterocycles. The molecule has 1 N–H and O–H groups in total. The van der Waals surface area contributed by atoms with Crippen molar-refractivity contribution >= 4 is 33.3 Å². The Kier molecular flexibility index (Phi) is 5.52. The molecule has 3 aromatic heterocycles. The maximum atomic E-state index is 12.0. The highest BCUT2D eigenvalue weighted by Gasteiger charge is 2.09. The summed E-state index contributed by atoms with van der Waals surface area (Å²) in [5.41, 5.74) is 0.765. The first-order valence-electron chi connectivity index (χ1n) is 7.91. The molecule has 126 valence electrons. The van der Waals surface area contributed by atoms with Gasteiger partial charge in [-0.25, -0.2) is 9.97 Å². The topological polar surface area (TPSA) is 67.9 Å². The molecule has 0 spiro atoms. The number of ether oxygens (including phenoxy) is 1. The lowest BCUT2D eigenvalue weighted by Gasteiger charge is -2.06. The number of thiophene rings is 1. The molecule has 3 aromatic rings. The largest absolute Gasteiger partial charge is 0.488 e. The van der Waals surface area contributed by atoms with Gasteiger partial charge in [0.2, 0.25) is 5.43 Å². The van der Waals surface area contributed by atoms with Crippen LogP contribution in [0.3, 0.4) is 0 Å². The average Bonchev–Trinajstić information content (AvgIpc) is 3.03. The highest BCUT2D eigenvalue weighted by atomic mass is 32.2. The van der Waals surface area contributed by atoms with Crippen molar-refractivity contribution in [3.05, 3.63) is 45.5 Å². The summed E-state index contributed by atoms with van der Waals surface area (Å²) in [6.45, 7) is 4.70. The molecule has 0 radical (unpaired) electrons. The second-order valence-electron chi connectivity index (χ2n) is 5.29. The summed E-state index contributed by atoms with van der Waals surface area (Å²) in [7, 11) is 0. The number of H-pyrrole nitrogens is 1. The molecule has 0 aliphatic heterocycles. The number of hydrogen-bond donors (Lipinski definition) is 1. The van der Waals surface area contributed by atoms with Crippen molar-refractivity contribution in [3.63, 3.8) is 0 Å². The summed E-state index contributed by atoms with van der Waals surface area (Å²) < 4.78 is 5.41. The maximum Gasteiger partial charge on any atom is 0.223 e. The second kappa shape index (κ2) is 7.81. The van der Waals surface area contributed by atoms with E-state index >= 15 is 0 Å². The SMILES string of the molecule is CCCOc1c[nH]c(CSc2ncnc3sc(CC)cc23)cc1=O. The second-order valence-corrected chi connectivity index (χ2v) is 7.37. The zero-order chi connectivity index (χ0) is 16.9. The summed E-state index contributed by atoms with van der Waals surface area (Å²) in [4.78, 5) is 26.2. The van der Waals surface area contributed by atoms with Crippen LogP contribution in [-0.2, 0) is 12.2 Å². The lowest BCUT2D eigenvalue weighted by molar-refractivity contribution is 0.313. The summed E-state index contributed by atoms with van der Waals surface area (Å²) in [6.07, 6.45) is 5.12. The van der Waals surface area contributed by atoms with Crippen molar-refractivity contribution in [3.8, 4) is 5.75 Å². The lowest BCUT2D eigenvalue weighted by atomic mass is 10.3. The van der Waals surface area contributed by atoms with Gasteiger partial charge in [0.25, 0.3) is 0 Å². The van der Waals surface area contributed by atoms with Crippen molar-refractivity contribution in [2.24, 2.45) is 0 Å². The minimum absolute atomic E-state index is 0.0885. The third kappa shape index (κ3) is 3.79. The number of pyridine rings is 1. The van der Waals surface area contributed by atoms with E-state index in [2.05, 4.69) is 27.9 Å². The van der Waals surface area contributed by atoms with Crippen LogP contribution in [0.2, 0.25) is 0 Å². The Balaban J connectivity index is 1.75. The third-order valence-corrected chi connectivity index (χ3v) is 5.70. The van der Waals surface area contributed by atoms with E-state index in [1.807, 2.05) is 6.92 Å². The molecular formula is C17H19N3O2S2. The highest BCUT2D eigenvalue weighted by Crippen LogP contribution is 2.32. The van der Waals surface area contributed by atoms with E-state index < -0.39 is 0 Å². The number of hydrogen-bond acceptors (Lipinski definition) is 6. The van der Waals surface area contributed by atoms with Gasteiger partial charge >= 0.3 is 0 Å². The summed E-state index contributed by atoms with van der Waals surface area (Å²) in [5, 5.41) is 2.04. The predicted molar refractivity (Wildman–Crippen MR) is 99.2 cm³/mol. The Hall–Kier alpha value is -1.86. The average molecular weight is 361 g/mol. The van der Waals surface area contributed by atoms with Crippen LogP contribution in [-0.4, -0.2) is 21.6 Å². The zero-order valence-electron chi connectivity index (χ0n) is 13.7. The van der Waals surface area contributed by atoms with Crippen LogP contribution >= 0.6 is 23.1 Å². The van der Waals surface area contributed by atoms with Crippen LogP contribution in [0.25, 0.3) is 10.2 Å². The quantitative estimate of drug-likeness (QED) is 0.508. The summed E-state index contributed by atoms with van der Waals surface area (Å²) in [6, 6.07) is 3.76. The van der Waals surface area contributed by atoms with Crippen LogP contribution in [0.5, 0.6) is 5.75 Å². The molecule has 3 rings (SSSR count). The van der Waals surface area contributed by atoms with Crippen LogP contribution in [0.4, 0.5) is 0 Å². The molecule has 0 fully saturated rings. The number of aryl methyl sites for hydroxylation is 1. The molecule has 0 atom stereocenters. The molecule has 24 heavy (non-hydrogen) atoms. The highest BCUT2D eigenvalue weighted by molar-refractivity contribution is 7.98.